The molecule has 166 valence electrons. The molecule has 0 unspecified atom stereocenters. The van der Waals surface area contributed by atoms with Crippen molar-refractivity contribution in [3.05, 3.63) is 48.0 Å². The van der Waals surface area contributed by atoms with Gasteiger partial charge < -0.3 is 16.8 Å². The van der Waals surface area contributed by atoms with E-state index in [1.165, 1.54) is 42.5 Å². The highest BCUT2D eigenvalue weighted by atomic mass is 32.2. The van der Waals surface area contributed by atoms with Gasteiger partial charge in [-0.2, -0.15) is 8.42 Å². The van der Waals surface area contributed by atoms with Crippen molar-refractivity contribution >= 4 is 37.5 Å². The molecular formula is C18H26N4O6S2. The first kappa shape index (κ1) is 25.2. The van der Waals surface area contributed by atoms with Crippen LogP contribution in [0.3, 0.4) is 0 Å². The molecule has 2 rings (SSSR count). The molecule has 0 radical (unpaired) electrons. The van der Waals surface area contributed by atoms with E-state index in [1.807, 2.05) is 11.6 Å². The average molecular weight is 459 g/mol. The van der Waals surface area contributed by atoms with Gasteiger partial charge in [-0.1, -0.05) is 13.3 Å². The molecular weight excluding hydrogens is 432 g/mol. The standard InChI is InChI=1S/C11H17N3O3S.C7H9NO3S/c1-2-3-8-13-11(15)14-18(16,17)10-6-4-9(12)5-7-10;1-5-4-6(12(9,10)11)2-3-7(5)8/h4-7H,2-3,8,12H2,1H3,(H2,13,14,15);2-4H,8H2,1H3,(H,9,10,11). The molecule has 0 saturated carbocycles. The minimum atomic E-state index is -4.10. The normalized spacial score (nSPS) is 11.2. The molecule has 0 saturated heterocycles. The molecule has 2 aromatic rings. The van der Waals surface area contributed by atoms with Gasteiger partial charge in [0.1, 0.15) is 0 Å². The molecule has 0 heterocycles. The number of hydrogen-bond donors (Lipinski definition) is 5. The highest BCUT2D eigenvalue weighted by Gasteiger charge is 2.16. The summed E-state index contributed by atoms with van der Waals surface area (Å²) in [6, 6.07) is 8.92. The van der Waals surface area contributed by atoms with Crippen LogP contribution in [0, 0.1) is 6.92 Å². The zero-order valence-corrected chi connectivity index (χ0v) is 18.3. The molecule has 30 heavy (non-hydrogen) atoms. The molecule has 2 amide bonds. The van der Waals surface area contributed by atoms with Crippen LogP contribution in [0.2, 0.25) is 0 Å². The zero-order chi connectivity index (χ0) is 22.9. The number of anilines is 2. The number of nitrogens with two attached hydrogens (primary N) is 2. The van der Waals surface area contributed by atoms with Crippen molar-refractivity contribution < 1.29 is 26.2 Å². The van der Waals surface area contributed by atoms with E-state index in [2.05, 4.69) is 5.32 Å². The number of nitrogens with one attached hydrogen (secondary N) is 2. The van der Waals surface area contributed by atoms with E-state index < -0.39 is 26.2 Å². The van der Waals surface area contributed by atoms with Crippen molar-refractivity contribution in [2.24, 2.45) is 0 Å². The van der Waals surface area contributed by atoms with Gasteiger partial charge in [0.05, 0.1) is 9.79 Å². The van der Waals surface area contributed by atoms with Crippen LogP contribution < -0.4 is 21.5 Å². The minimum absolute atomic E-state index is 0.00217. The fourth-order valence-electron chi connectivity index (χ4n) is 2.05. The van der Waals surface area contributed by atoms with Gasteiger partial charge in [0.15, 0.2) is 0 Å². The summed E-state index contributed by atoms with van der Waals surface area (Å²) in [6.07, 6.45) is 1.72. The first-order valence-electron chi connectivity index (χ1n) is 8.86. The number of carbonyl (C=O) groups excluding carboxylic acids is 1. The largest absolute Gasteiger partial charge is 0.399 e. The number of unbranched alkanes of at least 4 members (excludes halogenated alkanes) is 1. The molecule has 0 spiro atoms. The molecule has 0 aliphatic heterocycles. The number of carbonyl (C=O) groups is 1. The maximum atomic E-state index is 11.8. The van der Waals surface area contributed by atoms with E-state index in [0.29, 0.717) is 23.5 Å². The lowest BCUT2D eigenvalue weighted by atomic mass is 10.2. The topological polar surface area (TPSA) is 182 Å². The molecule has 0 atom stereocenters. The second-order valence-electron chi connectivity index (χ2n) is 6.28. The van der Waals surface area contributed by atoms with Gasteiger partial charge in [-0.15, -0.1) is 0 Å². The molecule has 0 aliphatic carbocycles. The first-order chi connectivity index (χ1) is 13.9. The van der Waals surface area contributed by atoms with E-state index in [0.717, 1.165) is 12.8 Å². The Morgan fingerprint density at radius 2 is 1.57 bits per heavy atom. The van der Waals surface area contributed by atoms with Crippen LogP contribution in [0.15, 0.2) is 52.3 Å². The summed E-state index contributed by atoms with van der Waals surface area (Å²) in [5.41, 5.74) is 12.5. The first-order valence-corrected chi connectivity index (χ1v) is 11.8. The third-order valence-corrected chi connectivity index (χ3v) is 5.97. The molecule has 10 nitrogen and oxygen atoms in total. The Bertz CT molecular complexity index is 1070. The highest BCUT2D eigenvalue weighted by molar-refractivity contribution is 7.90. The van der Waals surface area contributed by atoms with Crippen molar-refractivity contribution in [1.29, 1.82) is 0 Å². The van der Waals surface area contributed by atoms with Crippen molar-refractivity contribution in [2.75, 3.05) is 18.0 Å². The Morgan fingerprint density at radius 1 is 1.00 bits per heavy atom. The van der Waals surface area contributed by atoms with E-state index in [9.17, 15) is 21.6 Å². The van der Waals surface area contributed by atoms with Gasteiger partial charge in [0.25, 0.3) is 20.1 Å². The number of amides is 2. The van der Waals surface area contributed by atoms with Crippen LogP contribution in [-0.4, -0.2) is 34.0 Å². The quantitative estimate of drug-likeness (QED) is 0.247. The Balaban J connectivity index is 0.000000325. The van der Waals surface area contributed by atoms with Crippen molar-refractivity contribution in [3.63, 3.8) is 0 Å². The predicted molar refractivity (Wildman–Crippen MR) is 115 cm³/mol. The van der Waals surface area contributed by atoms with Gasteiger partial charge in [-0.3, -0.25) is 4.55 Å². The summed E-state index contributed by atoms with van der Waals surface area (Å²) >= 11 is 0. The van der Waals surface area contributed by atoms with Crippen LogP contribution in [0.5, 0.6) is 0 Å². The summed E-state index contributed by atoms with van der Waals surface area (Å²) in [5.74, 6) is 0. The summed E-state index contributed by atoms with van der Waals surface area (Å²) in [6.45, 7) is 4.09. The van der Waals surface area contributed by atoms with E-state index in [-0.39, 0.29) is 9.79 Å². The molecule has 0 fully saturated rings. The Hall–Kier alpha value is -2.83. The van der Waals surface area contributed by atoms with Crippen molar-refractivity contribution in [1.82, 2.24) is 10.0 Å². The molecule has 12 heteroatoms. The van der Waals surface area contributed by atoms with Gasteiger partial charge >= 0.3 is 6.03 Å². The molecule has 0 bridgehead atoms. The zero-order valence-electron chi connectivity index (χ0n) is 16.6. The van der Waals surface area contributed by atoms with Crippen LogP contribution in [0.1, 0.15) is 25.3 Å². The summed E-state index contributed by atoms with van der Waals surface area (Å²) in [5, 5.41) is 2.47. The smallest absolute Gasteiger partial charge is 0.328 e. The molecule has 0 aliphatic rings. The average Bonchev–Trinajstić information content (AvgIpc) is 2.64. The second-order valence-corrected chi connectivity index (χ2v) is 9.38. The fraction of sp³-hybridized carbons (Fsp3) is 0.278. The van der Waals surface area contributed by atoms with Crippen LogP contribution >= 0.6 is 0 Å². The van der Waals surface area contributed by atoms with E-state index in [1.54, 1.807) is 6.92 Å². The number of sulfonamides is 1. The maximum absolute atomic E-state index is 11.8. The van der Waals surface area contributed by atoms with Crippen LogP contribution in [-0.2, 0) is 20.1 Å². The Labute approximate surface area is 176 Å². The monoisotopic (exact) mass is 458 g/mol. The highest BCUT2D eigenvalue weighted by Crippen LogP contribution is 2.16. The lowest BCUT2D eigenvalue weighted by Crippen LogP contribution is -2.39. The number of urea groups is 1. The van der Waals surface area contributed by atoms with Crippen LogP contribution in [0.25, 0.3) is 0 Å². The Morgan fingerprint density at radius 3 is 2.07 bits per heavy atom. The third kappa shape index (κ3) is 8.27. The number of benzene rings is 2. The SMILES string of the molecule is CCCCNC(=O)NS(=O)(=O)c1ccc(N)cc1.Cc1cc(S(=O)(=O)O)ccc1N. The predicted octanol–water partition coefficient (Wildman–Crippen LogP) is 1.88. The van der Waals surface area contributed by atoms with E-state index >= 15 is 0 Å². The Kier molecular flexibility index (Phi) is 9.08. The summed E-state index contributed by atoms with van der Waals surface area (Å²) < 4.78 is 55.3. The van der Waals surface area contributed by atoms with Gasteiger partial charge in [-0.25, -0.2) is 17.9 Å². The molecule has 2 aromatic carbocycles. The van der Waals surface area contributed by atoms with Gasteiger partial charge in [0.2, 0.25) is 0 Å². The molecule has 7 N–H and O–H groups in total. The lowest BCUT2D eigenvalue weighted by molar-refractivity contribution is 0.245. The summed E-state index contributed by atoms with van der Waals surface area (Å²) in [7, 11) is -7.93. The van der Waals surface area contributed by atoms with Crippen LogP contribution in [0.4, 0.5) is 16.2 Å². The lowest BCUT2D eigenvalue weighted by Gasteiger charge is -2.08. The second kappa shape index (κ2) is 10.8. The summed E-state index contributed by atoms with van der Waals surface area (Å²) in [4.78, 5) is 11.2. The third-order valence-electron chi connectivity index (χ3n) is 3.77. The molecule has 0 aromatic heterocycles. The fourth-order valence-corrected chi connectivity index (χ4v) is 3.55. The number of hydrogen-bond acceptors (Lipinski definition) is 7. The minimum Gasteiger partial charge on any atom is -0.399 e. The van der Waals surface area contributed by atoms with Crippen molar-refractivity contribution in [2.45, 2.75) is 36.5 Å². The van der Waals surface area contributed by atoms with E-state index in [4.69, 9.17) is 16.0 Å². The van der Waals surface area contributed by atoms with Gasteiger partial charge in [0, 0.05) is 17.9 Å². The number of rotatable bonds is 6. The van der Waals surface area contributed by atoms with Crippen molar-refractivity contribution in [3.8, 4) is 0 Å². The maximum Gasteiger partial charge on any atom is 0.328 e. The number of nitrogen functional groups attached to an aromatic ring is 2. The number of aryl methyl sites for hydroxylation is 1. The van der Waals surface area contributed by atoms with Gasteiger partial charge in [-0.05, 0) is 61.4 Å².